The van der Waals surface area contributed by atoms with Gasteiger partial charge in [-0.25, -0.2) is 0 Å². The number of carbonyl (C=O) groups excluding carboxylic acids is 1. The molecule has 25 heavy (non-hydrogen) atoms. The molecular formula is C22H40O3. The largest absolute Gasteiger partial charge is 0.466 e. The maximum atomic E-state index is 11.4. The average Bonchev–Trinajstić information content (AvgIpc) is 2.60. The molecule has 0 rings (SSSR count). The first-order chi connectivity index (χ1) is 12.2. The highest BCUT2D eigenvalue weighted by atomic mass is 16.5. The summed E-state index contributed by atoms with van der Waals surface area (Å²) in [5.41, 5.74) is 0. The van der Waals surface area contributed by atoms with Crippen LogP contribution in [0.15, 0.2) is 24.3 Å². The highest BCUT2D eigenvalue weighted by molar-refractivity contribution is 5.69. The third kappa shape index (κ3) is 19.1. The fourth-order valence-electron chi connectivity index (χ4n) is 2.53. The normalized spacial score (nSPS) is 12.9. The molecule has 0 fully saturated rings. The van der Waals surface area contributed by atoms with E-state index in [2.05, 4.69) is 19.9 Å². The van der Waals surface area contributed by atoms with Gasteiger partial charge in [0.15, 0.2) is 0 Å². The van der Waals surface area contributed by atoms with E-state index < -0.39 is 0 Å². The number of unbranched alkanes of at least 4 members (excludes halogenated alkanes) is 8. The summed E-state index contributed by atoms with van der Waals surface area (Å²) in [5.74, 6) is -0.0586. The van der Waals surface area contributed by atoms with Crippen LogP contribution in [0.1, 0.15) is 97.3 Å². The first kappa shape index (κ1) is 23.9. The molecule has 0 radical (unpaired) electrons. The second-order valence-corrected chi connectivity index (χ2v) is 6.76. The molecule has 0 aromatic heterocycles. The van der Waals surface area contributed by atoms with Crippen LogP contribution in [0.4, 0.5) is 0 Å². The van der Waals surface area contributed by atoms with Gasteiger partial charge in [0.1, 0.15) is 0 Å². The molecule has 0 heterocycles. The molecular weight excluding hydrogens is 312 g/mol. The number of allylic oxidation sites excluding steroid dienone is 3. The van der Waals surface area contributed by atoms with Crippen molar-refractivity contribution in [3.05, 3.63) is 24.3 Å². The molecule has 146 valence electrons. The fraction of sp³-hybridized carbons (Fsp3) is 0.773. The van der Waals surface area contributed by atoms with Crippen LogP contribution in [-0.4, -0.2) is 23.8 Å². The zero-order chi connectivity index (χ0) is 18.6. The Morgan fingerprint density at radius 3 is 2.40 bits per heavy atom. The summed E-state index contributed by atoms with van der Waals surface area (Å²) in [6.45, 7) is 4.86. The molecule has 3 nitrogen and oxygen atoms in total. The van der Waals surface area contributed by atoms with Crippen LogP contribution in [0, 0.1) is 0 Å². The summed E-state index contributed by atoms with van der Waals surface area (Å²) < 4.78 is 5.13. The maximum Gasteiger partial charge on any atom is 0.305 e. The molecule has 1 N–H and O–H groups in total. The third-order valence-electron chi connectivity index (χ3n) is 4.20. The molecule has 0 spiro atoms. The lowest BCUT2D eigenvalue weighted by atomic mass is 10.1. The van der Waals surface area contributed by atoms with Crippen molar-refractivity contribution in [2.45, 2.75) is 103 Å². The molecule has 0 aliphatic heterocycles. The van der Waals surface area contributed by atoms with Crippen LogP contribution in [0.5, 0.6) is 0 Å². The van der Waals surface area contributed by atoms with Gasteiger partial charge in [-0.2, -0.15) is 0 Å². The van der Waals surface area contributed by atoms with Crippen LogP contribution < -0.4 is 0 Å². The summed E-state index contributed by atoms with van der Waals surface area (Å²) in [6, 6.07) is 0. The topological polar surface area (TPSA) is 46.5 Å². The zero-order valence-corrected chi connectivity index (χ0v) is 16.5. The smallest absolute Gasteiger partial charge is 0.305 e. The Balaban J connectivity index is 3.42. The van der Waals surface area contributed by atoms with E-state index in [0.717, 1.165) is 57.8 Å². The molecule has 3 heteroatoms. The van der Waals surface area contributed by atoms with Crippen LogP contribution >= 0.6 is 0 Å². The van der Waals surface area contributed by atoms with Crippen LogP contribution in [0.25, 0.3) is 0 Å². The van der Waals surface area contributed by atoms with E-state index in [4.69, 9.17) is 4.74 Å². The number of ether oxygens (including phenoxy) is 1. The summed E-state index contributed by atoms with van der Waals surface area (Å²) in [4.78, 5) is 11.4. The number of hydrogen-bond acceptors (Lipinski definition) is 3. The van der Waals surface area contributed by atoms with E-state index in [-0.39, 0.29) is 12.1 Å². The summed E-state index contributed by atoms with van der Waals surface area (Å²) >= 11 is 0. The van der Waals surface area contributed by atoms with Crippen molar-refractivity contribution in [2.24, 2.45) is 0 Å². The Morgan fingerprint density at radius 1 is 0.920 bits per heavy atom. The Labute approximate surface area is 155 Å². The minimum Gasteiger partial charge on any atom is -0.466 e. The van der Waals surface area contributed by atoms with E-state index in [0.29, 0.717) is 13.0 Å². The van der Waals surface area contributed by atoms with Gasteiger partial charge in [-0.1, -0.05) is 83.1 Å². The predicted octanol–water partition coefficient (Wildman–Crippen LogP) is 6.11. The molecule has 0 amide bonds. The third-order valence-corrected chi connectivity index (χ3v) is 4.20. The van der Waals surface area contributed by atoms with Crippen LogP contribution in [0.2, 0.25) is 0 Å². The van der Waals surface area contributed by atoms with Crippen molar-refractivity contribution in [1.82, 2.24) is 0 Å². The van der Waals surface area contributed by atoms with E-state index in [1.807, 2.05) is 18.2 Å². The van der Waals surface area contributed by atoms with E-state index in [1.165, 1.54) is 19.3 Å². The number of carbonyl (C=O) groups is 1. The minimum absolute atomic E-state index is 0.0586. The molecule has 1 unspecified atom stereocenters. The van der Waals surface area contributed by atoms with Crippen LogP contribution in [0.3, 0.4) is 0 Å². The first-order valence-corrected chi connectivity index (χ1v) is 10.4. The van der Waals surface area contributed by atoms with Gasteiger partial charge >= 0.3 is 5.97 Å². The Bertz CT molecular complexity index is 347. The Morgan fingerprint density at radius 2 is 1.64 bits per heavy atom. The molecule has 0 saturated heterocycles. The van der Waals surface area contributed by atoms with Gasteiger partial charge < -0.3 is 9.84 Å². The van der Waals surface area contributed by atoms with Crippen molar-refractivity contribution in [3.8, 4) is 0 Å². The minimum atomic E-state index is -0.339. The quantitative estimate of drug-likeness (QED) is 0.195. The zero-order valence-electron chi connectivity index (χ0n) is 16.5. The Kier molecular flexibility index (Phi) is 18.4. The number of hydrogen-bond donors (Lipinski definition) is 1. The molecule has 1 atom stereocenters. The van der Waals surface area contributed by atoms with Gasteiger partial charge in [-0.05, 0) is 32.1 Å². The van der Waals surface area contributed by atoms with Gasteiger partial charge in [0, 0.05) is 6.42 Å². The number of aliphatic hydroxyl groups is 1. The summed E-state index contributed by atoms with van der Waals surface area (Å²) in [6.07, 6.45) is 21.3. The van der Waals surface area contributed by atoms with Crippen molar-refractivity contribution >= 4 is 5.97 Å². The van der Waals surface area contributed by atoms with Gasteiger partial charge in [0.05, 0.1) is 12.7 Å². The van der Waals surface area contributed by atoms with Crippen LogP contribution in [-0.2, 0) is 9.53 Å². The second-order valence-electron chi connectivity index (χ2n) is 6.76. The van der Waals surface area contributed by atoms with Gasteiger partial charge in [-0.15, -0.1) is 0 Å². The monoisotopic (exact) mass is 352 g/mol. The highest BCUT2D eigenvalue weighted by Gasteiger charge is 2.02. The molecule has 0 aliphatic rings. The standard InChI is InChI=1S/C22H40O3/c1-3-5-7-8-9-11-14-17-21(23)18-15-12-10-13-16-19-22(24)25-20-6-4-2/h9,11,14,17,21,23H,3-8,10,12-13,15-16,18-20H2,1-2H3/b11-9+,17-14+. The van der Waals surface area contributed by atoms with Crippen molar-refractivity contribution in [1.29, 1.82) is 0 Å². The molecule has 0 bridgehead atoms. The summed E-state index contributed by atoms with van der Waals surface area (Å²) in [7, 11) is 0. The second kappa shape index (κ2) is 19.2. The lowest BCUT2D eigenvalue weighted by Gasteiger charge is -2.05. The molecule has 0 saturated carbocycles. The van der Waals surface area contributed by atoms with E-state index in [1.54, 1.807) is 0 Å². The number of rotatable bonds is 17. The average molecular weight is 353 g/mol. The number of esters is 1. The predicted molar refractivity (Wildman–Crippen MR) is 107 cm³/mol. The SMILES string of the molecule is CCCCC/C=C/C=C/C(O)CCCCCCCC(=O)OCCCC. The molecule has 0 aliphatic carbocycles. The molecule has 0 aromatic carbocycles. The molecule has 0 aromatic rings. The fourth-order valence-corrected chi connectivity index (χ4v) is 2.53. The maximum absolute atomic E-state index is 11.4. The lowest BCUT2D eigenvalue weighted by Crippen LogP contribution is -2.05. The lowest BCUT2D eigenvalue weighted by molar-refractivity contribution is -0.143. The Hall–Kier alpha value is -1.09. The van der Waals surface area contributed by atoms with Gasteiger partial charge in [-0.3, -0.25) is 4.79 Å². The highest BCUT2D eigenvalue weighted by Crippen LogP contribution is 2.10. The van der Waals surface area contributed by atoms with Gasteiger partial charge in [0.2, 0.25) is 0 Å². The van der Waals surface area contributed by atoms with E-state index >= 15 is 0 Å². The first-order valence-electron chi connectivity index (χ1n) is 10.4. The van der Waals surface area contributed by atoms with Crippen molar-refractivity contribution < 1.29 is 14.6 Å². The number of aliphatic hydroxyl groups excluding tert-OH is 1. The van der Waals surface area contributed by atoms with E-state index in [9.17, 15) is 9.90 Å². The van der Waals surface area contributed by atoms with Crippen molar-refractivity contribution in [2.75, 3.05) is 6.61 Å². The summed E-state index contributed by atoms with van der Waals surface area (Å²) in [5, 5.41) is 9.89. The van der Waals surface area contributed by atoms with Crippen molar-refractivity contribution in [3.63, 3.8) is 0 Å². The van der Waals surface area contributed by atoms with Gasteiger partial charge in [0.25, 0.3) is 0 Å².